The second-order valence-electron chi connectivity index (χ2n) is 4.38. The van der Waals surface area contributed by atoms with Crippen LogP contribution in [0.1, 0.15) is 23.4 Å². The lowest BCUT2D eigenvalue weighted by atomic mass is 10.1. The van der Waals surface area contributed by atoms with Crippen LogP contribution in [-0.2, 0) is 11.2 Å². The van der Waals surface area contributed by atoms with Crippen molar-refractivity contribution in [3.63, 3.8) is 0 Å². The Hall–Kier alpha value is -1.86. The lowest BCUT2D eigenvalue weighted by molar-refractivity contribution is 0.0173. The highest BCUT2D eigenvalue weighted by molar-refractivity contribution is 5.23. The summed E-state index contributed by atoms with van der Waals surface area (Å²) < 4.78 is 34.2. The van der Waals surface area contributed by atoms with Crippen LogP contribution in [0.4, 0.5) is 8.78 Å². The molecule has 0 aliphatic rings. The number of ether oxygens (including phenoxy) is 1. The molecule has 0 radical (unpaired) electrons. The summed E-state index contributed by atoms with van der Waals surface area (Å²) in [4.78, 5) is 0. The van der Waals surface area contributed by atoms with Gasteiger partial charge in [0.05, 0.1) is 6.61 Å². The molecule has 1 N–H and O–H groups in total. The zero-order valence-electron chi connectivity index (χ0n) is 11.6. The molecule has 2 aromatic rings. The van der Waals surface area contributed by atoms with Crippen LogP contribution in [0.2, 0.25) is 0 Å². The molecule has 0 spiro atoms. The first-order valence-corrected chi connectivity index (χ1v) is 6.61. The standard InChI is InChI=1S/C14H17F2N3O2/c1-17-13(10-5-3-2-4-6-10)14-19-18-12(21-14)7-8-20-9-11(15)16/h2-6,11,13,17H,7-9H2,1H3. The summed E-state index contributed by atoms with van der Waals surface area (Å²) in [6, 6.07) is 9.49. The molecule has 0 saturated carbocycles. The fraction of sp³-hybridized carbons (Fsp3) is 0.429. The van der Waals surface area contributed by atoms with Crippen molar-refractivity contribution in [3.05, 3.63) is 47.7 Å². The highest BCUT2D eigenvalue weighted by Gasteiger charge is 2.18. The van der Waals surface area contributed by atoms with Crippen LogP contribution in [0.5, 0.6) is 0 Å². The number of nitrogens with zero attached hydrogens (tertiary/aromatic N) is 2. The van der Waals surface area contributed by atoms with Crippen molar-refractivity contribution in [1.82, 2.24) is 15.5 Å². The Kier molecular flexibility index (Phi) is 5.77. The van der Waals surface area contributed by atoms with Gasteiger partial charge in [0.1, 0.15) is 12.6 Å². The lowest BCUT2D eigenvalue weighted by Crippen LogP contribution is -2.17. The number of rotatable bonds is 8. The molecule has 1 aromatic carbocycles. The largest absolute Gasteiger partial charge is 0.423 e. The number of benzene rings is 1. The monoisotopic (exact) mass is 297 g/mol. The molecule has 0 aliphatic carbocycles. The topological polar surface area (TPSA) is 60.2 Å². The molecule has 2 rings (SSSR count). The minimum atomic E-state index is -2.46. The molecular weight excluding hydrogens is 280 g/mol. The summed E-state index contributed by atoms with van der Waals surface area (Å²) in [5.74, 6) is 0.808. The molecule has 1 aromatic heterocycles. The third-order valence-corrected chi connectivity index (χ3v) is 2.86. The van der Waals surface area contributed by atoms with E-state index >= 15 is 0 Å². The molecule has 1 atom stereocenters. The van der Waals surface area contributed by atoms with E-state index in [9.17, 15) is 8.78 Å². The van der Waals surface area contributed by atoms with Crippen LogP contribution in [0.25, 0.3) is 0 Å². The van der Waals surface area contributed by atoms with E-state index in [1.807, 2.05) is 30.3 Å². The number of alkyl halides is 2. The molecular formula is C14H17F2N3O2. The smallest absolute Gasteiger partial charge is 0.261 e. The summed E-state index contributed by atoms with van der Waals surface area (Å²) in [7, 11) is 1.80. The average Bonchev–Trinajstić information content (AvgIpc) is 2.94. The molecule has 1 heterocycles. The number of halogens is 2. The molecule has 0 saturated heterocycles. The summed E-state index contributed by atoms with van der Waals surface area (Å²) in [5, 5.41) is 11.0. The van der Waals surface area contributed by atoms with Gasteiger partial charge in [0.25, 0.3) is 6.43 Å². The van der Waals surface area contributed by atoms with Crippen LogP contribution >= 0.6 is 0 Å². The second kappa shape index (κ2) is 7.80. The van der Waals surface area contributed by atoms with E-state index in [0.29, 0.717) is 18.2 Å². The Balaban J connectivity index is 1.95. The number of nitrogens with one attached hydrogen (secondary N) is 1. The van der Waals surface area contributed by atoms with Gasteiger partial charge in [0.15, 0.2) is 0 Å². The van der Waals surface area contributed by atoms with Gasteiger partial charge in [-0.2, -0.15) is 0 Å². The quantitative estimate of drug-likeness (QED) is 0.757. The van der Waals surface area contributed by atoms with Crippen LogP contribution < -0.4 is 5.32 Å². The van der Waals surface area contributed by atoms with E-state index < -0.39 is 13.0 Å². The SMILES string of the molecule is CNC(c1ccccc1)c1nnc(CCOCC(F)F)o1. The van der Waals surface area contributed by atoms with Crippen LogP contribution in [0, 0.1) is 0 Å². The first-order chi connectivity index (χ1) is 10.2. The predicted octanol–water partition coefficient (Wildman–Crippen LogP) is 2.20. The lowest BCUT2D eigenvalue weighted by Gasteiger charge is -2.11. The molecule has 5 nitrogen and oxygen atoms in total. The minimum Gasteiger partial charge on any atom is -0.423 e. The van der Waals surface area contributed by atoms with E-state index in [2.05, 4.69) is 15.5 Å². The maximum absolute atomic E-state index is 11.9. The minimum absolute atomic E-state index is 0.127. The fourth-order valence-electron chi connectivity index (χ4n) is 1.89. The van der Waals surface area contributed by atoms with Crippen molar-refractivity contribution in [3.8, 4) is 0 Å². The van der Waals surface area contributed by atoms with E-state index in [0.717, 1.165) is 5.56 Å². The van der Waals surface area contributed by atoms with Gasteiger partial charge in [0.2, 0.25) is 11.8 Å². The molecule has 0 bridgehead atoms. The van der Waals surface area contributed by atoms with E-state index in [1.54, 1.807) is 7.05 Å². The Bertz CT molecular complexity index is 534. The number of hydrogen-bond acceptors (Lipinski definition) is 5. The van der Waals surface area contributed by atoms with Gasteiger partial charge < -0.3 is 14.5 Å². The van der Waals surface area contributed by atoms with Crippen LogP contribution in [0.3, 0.4) is 0 Å². The highest BCUT2D eigenvalue weighted by Crippen LogP contribution is 2.20. The van der Waals surface area contributed by atoms with Gasteiger partial charge in [-0.1, -0.05) is 30.3 Å². The zero-order chi connectivity index (χ0) is 15.1. The van der Waals surface area contributed by atoms with Crippen LogP contribution in [-0.4, -0.2) is 36.9 Å². The van der Waals surface area contributed by atoms with Gasteiger partial charge >= 0.3 is 0 Å². The average molecular weight is 297 g/mol. The Labute approximate surface area is 121 Å². The highest BCUT2D eigenvalue weighted by atomic mass is 19.3. The maximum atomic E-state index is 11.9. The van der Waals surface area contributed by atoms with Crippen molar-refractivity contribution in [1.29, 1.82) is 0 Å². The van der Waals surface area contributed by atoms with Gasteiger partial charge in [-0.3, -0.25) is 0 Å². The first kappa shape index (κ1) is 15.5. The predicted molar refractivity (Wildman–Crippen MR) is 72.2 cm³/mol. The van der Waals surface area contributed by atoms with Gasteiger partial charge in [-0.25, -0.2) is 8.78 Å². The van der Waals surface area contributed by atoms with E-state index in [4.69, 9.17) is 9.15 Å². The van der Waals surface area contributed by atoms with Crippen LogP contribution in [0.15, 0.2) is 34.7 Å². The molecule has 0 fully saturated rings. The molecule has 7 heteroatoms. The normalized spacial score (nSPS) is 12.8. The Morgan fingerprint density at radius 3 is 2.67 bits per heavy atom. The van der Waals surface area contributed by atoms with Crippen molar-refractivity contribution in [2.24, 2.45) is 0 Å². The third-order valence-electron chi connectivity index (χ3n) is 2.86. The zero-order valence-corrected chi connectivity index (χ0v) is 11.6. The third kappa shape index (κ3) is 4.57. The Morgan fingerprint density at radius 2 is 2.00 bits per heavy atom. The molecule has 1 unspecified atom stereocenters. The van der Waals surface area contributed by atoms with Gasteiger partial charge in [-0.15, -0.1) is 10.2 Å². The summed E-state index contributed by atoms with van der Waals surface area (Å²) in [5.41, 5.74) is 1.00. The van der Waals surface area contributed by atoms with Crippen molar-refractivity contribution in [2.45, 2.75) is 18.9 Å². The Morgan fingerprint density at radius 1 is 1.24 bits per heavy atom. The van der Waals surface area contributed by atoms with E-state index in [-0.39, 0.29) is 12.6 Å². The molecule has 114 valence electrons. The van der Waals surface area contributed by atoms with Crippen molar-refractivity contribution >= 4 is 0 Å². The molecule has 21 heavy (non-hydrogen) atoms. The second-order valence-corrected chi connectivity index (χ2v) is 4.38. The first-order valence-electron chi connectivity index (χ1n) is 6.61. The van der Waals surface area contributed by atoms with Crippen molar-refractivity contribution in [2.75, 3.05) is 20.3 Å². The molecule has 0 aliphatic heterocycles. The fourth-order valence-corrected chi connectivity index (χ4v) is 1.89. The summed E-state index contributed by atoms with van der Waals surface area (Å²) in [6.07, 6.45) is -2.15. The summed E-state index contributed by atoms with van der Waals surface area (Å²) >= 11 is 0. The van der Waals surface area contributed by atoms with Gasteiger partial charge in [0, 0.05) is 6.42 Å². The van der Waals surface area contributed by atoms with Gasteiger partial charge in [-0.05, 0) is 12.6 Å². The van der Waals surface area contributed by atoms with Crippen molar-refractivity contribution < 1.29 is 17.9 Å². The number of aromatic nitrogens is 2. The maximum Gasteiger partial charge on any atom is 0.261 e. The number of hydrogen-bond donors (Lipinski definition) is 1. The summed E-state index contributed by atoms with van der Waals surface area (Å²) in [6.45, 7) is -0.453. The van der Waals surface area contributed by atoms with E-state index in [1.165, 1.54) is 0 Å². The molecule has 0 amide bonds.